The molecule has 0 aromatic heterocycles. The van der Waals surface area contributed by atoms with E-state index in [2.05, 4.69) is 16.6 Å². The van der Waals surface area contributed by atoms with Crippen LogP contribution in [0.4, 0.5) is 5.69 Å². The van der Waals surface area contributed by atoms with Crippen LogP contribution in [0, 0.1) is 5.41 Å². The molecule has 0 atom stereocenters. The van der Waals surface area contributed by atoms with Gasteiger partial charge in [0, 0.05) is 11.1 Å². The van der Waals surface area contributed by atoms with E-state index in [1.54, 1.807) is 13.2 Å². The van der Waals surface area contributed by atoms with Crippen molar-refractivity contribution in [2.45, 2.75) is 6.92 Å². The standard InChI is InChI=1S/C16H14N2O/c1-12(14-5-3-13(11-17)4-6-14)18-15-7-9-16(19-2)10-8-15/h3-5,7-10,17H,1-2H3. The quantitative estimate of drug-likeness (QED) is 0.646. The molecule has 0 saturated heterocycles. The summed E-state index contributed by atoms with van der Waals surface area (Å²) in [6.45, 7) is 1.93. The number of hydrogen-bond donors (Lipinski definition) is 1. The van der Waals surface area contributed by atoms with Crippen molar-refractivity contribution in [3.05, 3.63) is 59.4 Å². The second-order valence-corrected chi connectivity index (χ2v) is 4.01. The molecule has 0 bridgehead atoms. The fraction of sp³-hybridized carbons (Fsp3) is 0.125. The van der Waals surface area contributed by atoms with Gasteiger partial charge in [-0.1, -0.05) is 0 Å². The van der Waals surface area contributed by atoms with E-state index >= 15 is 0 Å². The maximum Gasteiger partial charge on any atom is 0.119 e. The Kier molecular flexibility index (Phi) is 3.94. The second-order valence-electron chi connectivity index (χ2n) is 4.01. The van der Waals surface area contributed by atoms with Crippen LogP contribution in [0.1, 0.15) is 6.92 Å². The fourth-order valence-electron chi connectivity index (χ4n) is 1.64. The summed E-state index contributed by atoms with van der Waals surface area (Å²) < 4.78 is 5.10. The Morgan fingerprint density at radius 3 is 2.53 bits per heavy atom. The summed E-state index contributed by atoms with van der Waals surface area (Å²) in [7, 11) is 1.64. The summed E-state index contributed by atoms with van der Waals surface area (Å²) in [6.07, 6.45) is 5.44. The molecular weight excluding hydrogens is 236 g/mol. The van der Waals surface area contributed by atoms with E-state index in [0.29, 0.717) is 5.57 Å². The first-order chi connectivity index (χ1) is 9.22. The molecule has 0 fully saturated rings. The molecule has 0 unspecified atom stereocenters. The van der Waals surface area contributed by atoms with Crippen molar-refractivity contribution in [2.75, 3.05) is 7.11 Å². The third kappa shape index (κ3) is 3.20. The van der Waals surface area contributed by atoms with Gasteiger partial charge < -0.3 is 4.74 Å². The average molecular weight is 250 g/mol. The Morgan fingerprint density at radius 2 is 2.00 bits per heavy atom. The summed E-state index contributed by atoms with van der Waals surface area (Å²) in [5.41, 5.74) is 6.46. The molecule has 19 heavy (non-hydrogen) atoms. The lowest BCUT2D eigenvalue weighted by atomic mass is 10.1. The third-order valence-corrected chi connectivity index (χ3v) is 2.72. The van der Waals surface area contributed by atoms with Crippen LogP contribution in [0.5, 0.6) is 5.75 Å². The number of allylic oxidation sites excluding steroid dienone is 4. The van der Waals surface area contributed by atoms with Crippen LogP contribution >= 0.6 is 0 Å². The van der Waals surface area contributed by atoms with Crippen LogP contribution < -0.4 is 4.74 Å². The van der Waals surface area contributed by atoms with Crippen LogP contribution in [0.25, 0.3) is 0 Å². The van der Waals surface area contributed by atoms with Crippen LogP contribution in [0.15, 0.2) is 64.4 Å². The van der Waals surface area contributed by atoms with E-state index in [1.165, 1.54) is 0 Å². The van der Waals surface area contributed by atoms with E-state index in [9.17, 15) is 0 Å². The van der Waals surface area contributed by atoms with Gasteiger partial charge in [-0.3, -0.25) is 10.4 Å². The Labute approximate surface area is 112 Å². The number of ether oxygens (including phenoxy) is 1. The zero-order valence-corrected chi connectivity index (χ0v) is 10.9. The summed E-state index contributed by atoms with van der Waals surface area (Å²) in [4.78, 5) is 4.52. The Hall–Kier alpha value is -2.60. The molecule has 0 aliphatic heterocycles. The van der Waals surface area contributed by atoms with E-state index in [0.717, 1.165) is 22.7 Å². The van der Waals surface area contributed by atoms with Gasteiger partial charge in [0.2, 0.25) is 0 Å². The molecule has 94 valence electrons. The summed E-state index contributed by atoms with van der Waals surface area (Å²) in [5.74, 6) is 3.13. The molecule has 1 aromatic rings. The molecule has 3 heteroatoms. The first-order valence-corrected chi connectivity index (χ1v) is 5.87. The molecule has 0 spiro atoms. The molecular formula is C16H14N2O. The van der Waals surface area contributed by atoms with Gasteiger partial charge in [0.05, 0.1) is 18.5 Å². The largest absolute Gasteiger partial charge is 0.497 e. The lowest BCUT2D eigenvalue weighted by Crippen LogP contribution is -1.95. The maximum absolute atomic E-state index is 7.03. The van der Waals surface area contributed by atoms with Crippen molar-refractivity contribution in [3.63, 3.8) is 0 Å². The van der Waals surface area contributed by atoms with Crippen molar-refractivity contribution in [3.8, 4) is 5.75 Å². The maximum atomic E-state index is 7.03. The monoisotopic (exact) mass is 250 g/mol. The molecule has 1 aromatic carbocycles. The lowest BCUT2D eigenvalue weighted by Gasteiger charge is -2.03. The Balaban J connectivity index is 2.26. The highest BCUT2D eigenvalue weighted by Gasteiger charge is 2.01. The number of nitrogens with one attached hydrogen (secondary N) is 1. The van der Waals surface area contributed by atoms with Crippen molar-refractivity contribution in [1.82, 2.24) is 0 Å². The minimum Gasteiger partial charge on any atom is -0.497 e. The average Bonchev–Trinajstić information content (AvgIpc) is 2.48. The van der Waals surface area contributed by atoms with E-state index in [1.807, 2.05) is 43.3 Å². The number of aliphatic imine (C=N–C) groups is 1. The Morgan fingerprint density at radius 1 is 1.26 bits per heavy atom. The van der Waals surface area contributed by atoms with E-state index in [4.69, 9.17) is 10.1 Å². The molecule has 2 rings (SSSR count). The first-order valence-electron chi connectivity index (χ1n) is 5.87. The zero-order chi connectivity index (χ0) is 13.7. The highest BCUT2D eigenvalue weighted by atomic mass is 16.5. The van der Waals surface area contributed by atoms with Crippen molar-refractivity contribution in [1.29, 1.82) is 5.41 Å². The fourth-order valence-corrected chi connectivity index (χ4v) is 1.64. The molecule has 1 N–H and O–H groups in total. The second kappa shape index (κ2) is 5.83. The minimum atomic E-state index is 0.709. The number of methoxy groups -OCH3 is 1. The van der Waals surface area contributed by atoms with E-state index < -0.39 is 0 Å². The van der Waals surface area contributed by atoms with Crippen LogP contribution in [-0.2, 0) is 0 Å². The molecule has 1 aliphatic rings. The van der Waals surface area contributed by atoms with Gasteiger partial charge >= 0.3 is 0 Å². The smallest absolute Gasteiger partial charge is 0.119 e. The number of rotatable bonds is 3. The van der Waals surface area contributed by atoms with Crippen molar-refractivity contribution < 1.29 is 4.74 Å². The molecule has 3 nitrogen and oxygen atoms in total. The van der Waals surface area contributed by atoms with Gasteiger partial charge in [0.15, 0.2) is 0 Å². The lowest BCUT2D eigenvalue weighted by molar-refractivity contribution is 0.415. The molecule has 1 aliphatic carbocycles. The van der Waals surface area contributed by atoms with Gasteiger partial charge in [-0.25, -0.2) is 0 Å². The number of benzene rings is 1. The predicted octanol–water partition coefficient (Wildman–Crippen LogP) is 3.61. The highest BCUT2D eigenvalue weighted by molar-refractivity contribution is 6.02. The van der Waals surface area contributed by atoms with Gasteiger partial charge in [-0.15, -0.1) is 5.73 Å². The van der Waals surface area contributed by atoms with Crippen LogP contribution in [-0.4, -0.2) is 18.7 Å². The SMILES string of the molecule is COc1ccc(N=C(C)C2=C=CC(=C=N)C=C2)cc1. The summed E-state index contributed by atoms with van der Waals surface area (Å²) in [6, 6.07) is 7.57. The summed E-state index contributed by atoms with van der Waals surface area (Å²) >= 11 is 0. The van der Waals surface area contributed by atoms with Crippen LogP contribution in [0.2, 0.25) is 0 Å². The van der Waals surface area contributed by atoms with E-state index in [-0.39, 0.29) is 0 Å². The van der Waals surface area contributed by atoms with Gasteiger partial charge in [0.25, 0.3) is 0 Å². The molecule has 0 heterocycles. The highest BCUT2D eigenvalue weighted by Crippen LogP contribution is 2.19. The molecule has 0 amide bonds. The minimum absolute atomic E-state index is 0.709. The third-order valence-electron chi connectivity index (χ3n) is 2.72. The predicted molar refractivity (Wildman–Crippen MR) is 77.7 cm³/mol. The van der Waals surface area contributed by atoms with Gasteiger partial charge in [0.1, 0.15) is 5.75 Å². The Bertz CT molecular complexity index is 650. The summed E-state index contributed by atoms with van der Waals surface area (Å²) in [5, 5.41) is 7.03. The van der Waals surface area contributed by atoms with Crippen molar-refractivity contribution >= 4 is 17.3 Å². The van der Waals surface area contributed by atoms with Crippen molar-refractivity contribution in [2.24, 2.45) is 4.99 Å². The first kappa shape index (κ1) is 12.8. The number of hydrogen-bond acceptors (Lipinski definition) is 3. The van der Waals surface area contributed by atoms with Gasteiger partial charge in [-0.2, -0.15) is 0 Å². The normalized spacial score (nSPS) is 14.1. The number of nitrogens with zero attached hydrogens (tertiary/aromatic N) is 1. The van der Waals surface area contributed by atoms with Gasteiger partial charge in [-0.05, 0) is 55.3 Å². The molecule has 0 radical (unpaired) electrons. The molecule has 0 saturated carbocycles. The van der Waals surface area contributed by atoms with Crippen LogP contribution in [0.3, 0.4) is 0 Å². The topological polar surface area (TPSA) is 45.4 Å². The zero-order valence-electron chi connectivity index (χ0n) is 10.9.